The molecule has 1 N–H and O–H groups in total. The third kappa shape index (κ3) is 3.99. The molecular weight excluding hydrogens is 378 g/mol. The third-order valence-electron chi connectivity index (χ3n) is 3.49. The van der Waals surface area contributed by atoms with Crippen molar-refractivity contribution in [2.75, 3.05) is 6.54 Å². The zero-order valence-corrected chi connectivity index (χ0v) is 14.7. The van der Waals surface area contributed by atoms with Crippen molar-refractivity contribution in [1.29, 1.82) is 0 Å². The number of benzene rings is 2. The van der Waals surface area contributed by atoms with Gasteiger partial charge in [0.05, 0.1) is 15.6 Å². The van der Waals surface area contributed by atoms with E-state index < -0.39 is 10.0 Å². The van der Waals surface area contributed by atoms with Crippen LogP contribution in [0.15, 0.2) is 64.2 Å². The molecule has 5 nitrogen and oxygen atoms in total. The van der Waals surface area contributed by atoms with Crippen LogP contribution < -0.4 is 4.72 Å². The van der Waals surface area contributed by atoms with Crippen LogP contribution >= 0.6 is 15.9 Å². The number of hydrogen-bond acceptors (Lipinski definition) is 3. The topological polar surface area (TPSA) is 64.0 Å². The Kier molecular flexibility index (Phi) is 4.79. The number of nitrogens with zero attached hydrogens (tertiary/aromatic N) is 2. The highest BCUT2D eigenvalue weighted by Gasteiger charge is 2.13. The second kappa shape index (κ2) is 6.82. The number of aromatic nitrogens is 2. The highest BCUT2D eigenvalue weighted by Crippen LogP contribution is 2.18. The van der Waals surface area contributed by atoms with Crippen molar-refractivity contribution in [3.8, 4) is 0 Å². The van der Waals surface area contributed by atoms with Gasteiger partial charge in [-0.15, -0.1) is 0 Å². The standard InChI is InChI=1S/C16H16BrN3O2S/c17-15-11-18-20(12-15)9-3-8-19-23(21,22)16-7-6-13-4-1-2-5-14(13)10-16/h1-2,4-7,10-12,19H,3,8-9H2. The zero-order chi connectivity index (χ0) is 16.3. The molecule has 0 aliphatic rings. The van der Waals surface area contributed by atoms with Crippen molar-refractivity contribution in [3.63, 3.8) is 0 Å². The van der Waals surface area contributed by atoms with Crippen LogP contribution in [0.2, 0.25) is 0 Å². The van der Waals surface area contributed by atoms with Crippen LogP contribution in [0.4, 0.5) is 0 Å². The Balaban J connectivity index is 1.63. The summed E-state index contributed by atoms with van der Waals surface area (Å²) in [5.74, 6) is 0. The van der Waals surface area contributed by atoms with E-state index >= 15 is 0 Å². The second-order valence-electron chi connectivity index (χ2n) is 5.18. The molecule has 120 valence electrons. The van der Waals surface area contributed by atoms with Gasteiger partial charge < -0.3 is 0 Å². The van der Waals surface area contributed by atoms with Gasteiger partial charge in [0.15, 0.2) is 0 Å². The molecule has 0 fully saturated rings. The lowest BCUT2D eigenvalue weighted by Crippen LogP contribution is -2.25. The fraction of sp³-hybridized carbons (Fsp3) is 0.188. The minimum Gasteiger partial charge on any atom is -0.272 e. The van der Waals surface area contributed by atoms with Crippen molar-refractivity contribution < 1.29 is 8.42 Å². The average Bonchev–Trinajstić information content (AvgIpc) is 2.96. The van der Waals surface area contributed by atoms with E-state index in [9.17, 15) is 8.42 Å². The van der Waals surface area contributed by atoms with E-state index in [0.29, 0.717) is 19.5 Å². The number of aryl methyl sites for hydroxylation is 1. The van der Waals surface area contributed by atoms with Gasteiger partial charge in [-0.1, -0.05) is 30.3 Å². The van der Waals surface area contributed by atoms with Crippen LogP contribution in [0.3, 0.4) is 0 Å². The molecule has 0 unspecified atom stereocenters. The molecule has 1 heterocycles. The third-order valence-corrected chi connectivity index (χ3v) is 5.36. The normalized spacial score (nSPS) is 11.9. The Morgan fingerprint density at radius 2 is 1.91 bits per heavy atom. The summed E-state index contributed by atoms with van der Waals surface area (Å²) in [4.78, 5) is 0.290. The van der Waals surface area contributed by atoms with E-state index in [1.807, 2.05) is 36.5 Å². The summed E-state index contributed by atoms with van der Waals surface area (Å²) < 4.78 is 30.0. The first-order chi connectivity index (χ1) is 11.0. The van der Waals surface area contributed by atoms with E-state index in [4.69, 9.17) is 0 Å². The number of rotatable bonds is 6. The molecule has 0 atom stereocenters. The largest absolute Gasteiger partial charge is 0.272 e. The smallest absolute Gasteiger partial charge is 0.240 e. The molecule has 0 aliphatic carbocycles. The molecule has 3 aromatic rings. The predicted molar refractivity (Wildman–Crippen MR) is 93.7 cm³/mol. The number of fused-ring (bicyclic) bond motifs is 1. The fourth-order valence-corrected chi connectivity index (χ4v) is 3.76. The summed E-state index contributed by atoms with van der Waals surface area (Å²) in [6.45, 7) is 1.03. The van der Waals surface area contributed by atoms with E-state index in [-0.39, 0.29) is 4.90 Å². The summed E-state index contributed by atoms with van der Waals surface area (Å²) in [6, 6.07) is 12.9. The van der Waals surface area contributed by atoms with Gasteiger partial charge in [-0.25, -0.2) is 13.1 Å². The Morgan fingerprint density at radius 3 is 2.65 bits per heavy atom. The Bertz CT molecular complexity index is 922. The van der Waals surface area contributed by atoms with Crippen LogP contribution in [-0.2, 0) is 16.6 Å². The molecule has 3 rings (SSSR count). The van der Waals surface area contributed by atoms with Crippen molar-refractivity contribution in [3.05, 3.63) is 59.3 Å². The van der Waals surface area contributed by atoms with Crippen LogP contribution in [0, 0.1) is 0 Å². The first kappa shape index (κ1) is 16.2. The lowest BCUT2D eigenvalue weighted by Gasteiger charge is -2.08. The van der Waals surface area contributed by atoms with Gasteiger partial charge in [0.1, 0.15) is 0 Å². The lowest BCUT2D eigenvalue weighted by atomic mass is 10.1. The van der Waals surface area contributed by atoms with Crippen LogP contribution in [0.5, 0.6) is 0 Å². The molecule has 0 bridgehead atoms. The average molecular weight is 394 g/mol. The number of halogens is 1. The maximum atomic E-state index is 12.4. The van der Waals surface area contributed by atoms with E-state index in [0.717, 1.165) is 15.2 Å². The van der Waals surface area contributed by atoms with Crippen molar-refractivity contribution >= 4 is 36.7 Å². The molecule has 7 heteroatoms. The van der Waals surface area contributed by atoms with Crippen LogP contribution in [0.25, 0.3) is 10.8 Å². The lowest BCUT2D eigenvalue weighted by molar-refractivity contribution is 0.553. The summed E-state index contributed by atoms with van der Waals surface area (Å²) in [7, 11) is -3.49. The maximum Gasteiger partial charge on any atom is 0.240 e. The molecule has 2 aromatic carbocycles. The SMILES string of the molecule is O=S(=O)(NCCCn1cc(Br)cn1)c1ccc2ccccc2c1. The quantitative estimate of drug-likeness (QED) is 0.654. The minimum atomic E-state index is -3.49. The summed E-state index contributed by atoms with van der Waals surface area (Å²) in [5, 5.41) is 6.07. The minimum absolute atomic E-state index is 0.290. The first-order valence-electron chi connectivity index (χ1n) is 7.21. The van der Waals surface area contributed by atoms with Gasteiger partial charge in [0.2, 0.25) is 10.0 Å². The van der Waals surface area contributed by atoms with Crippen molar-refractivity contribution in [1.82, 2.24) is 14.5 Å². The number of hydrogen-bond donors (Lipinski definition) is 1. The van der Waals surface area contributed by atoms with E-state index in [1.54, 1.807) is 23.0 Å². The molecule has 0 saturated heterocycles. The van der Waals surface area contributed by atoms with Gasteiger partial charge in [-0.05, 0) is 45.3 Å². The van der Waals surface area contributed by atoms with Gasteiger partial charge >= 0.3 is 0 Å². The molecule has 0 radical (unpaired) electrons. The zero-order valence-electron chi connectivity index (χ0n) is 12.3. The predicted octanol–water partition coefficient (Wildman–Crippen LogP) is 3.17. The molecule has 1 aromatic heterocycles. The number of nitrogens with one attached hydrogen (secondary N) is 1. The monoisotopic (exact) mass is 393 g/mol. The first-order valence-corrected chi connectivity index (χ1v) is 9.49. The van der Waals surface area contributed by atoms with Gasteiger partial charge in [-0.3, -0.25) is 4.68 Å². The molecule has 0 aliphatic heterocycles. The Morgan fingerprint density at radius 1 is 1.13 bits per heavy atom. The molecule has 0 saturated carbocycles. The maximum absolute atomic E-state index is 12.4. The van der Waals surface area contributed by atoms with E-state index in [2.05, 4.69) is 25.8 Å². The van der Waals surface area contributed by atoms with Gasteiger partial charge in [-0.2, -0.15) is 5.10 Å². The highest BCUT2D eigenvalue weighted by atomic mass is 79.9. The summed E-state index contributed by atoms with van der Waals surface area (Å²) >= 11 is 3.33. The molecule has 23 heavy (non-hydrogen) atoms. The molecular formula is C16H16BrN3O2S. The van der Waals surface area contributed by atoms with E-state index in [1.165, 1.54) is 0 Å². The number of sulfonamides is 1. The van der Waals surface area contributed by atoms with Crippen molar-refractivity contribution in [2.45, 2.75) is 17.9 Å². The van der Waals surface area contributed by atoms with Crippen molar-refractivity contribution in [2.24, 2.45) is 0 Å². The fourth-order valence-electron chi connectivity index (χ4n) is 2.33. The molecule has 0 spiro atoms. The highest BCUT2D eigenvalue weighted by molar-refractivity contribution is 9.10. The van der Waals surface area contributed by atoms with Crippen LogP contribution in [-0.4, -0.2) is 24.7 Å². The summed E-state index contributed by atoms with van der Waals surface area (Å²) in [5.41, 5.74) is 0. The Labute approximate surface area is 143 Å². The summed E-state index contributed by atoms with van der Waals surface area (Å²) in [6.07, 6.45) is 4.23. The van der Waals surface area contributed by atoms with Crippen LogP contribution in [0.1, 0.15) is 6.42 Å². The Hall–Kier alpha value is -1.70. The van der Waals surface area contributed by atoms with Gasteiger partial charge in [0.25, 0.3) is 0 Å². The second-order valence-corrected chi connectivity index (χ2v) is 7.86. The van der Waals surface area contributed by atoms with Gasteiger partial charge in [0, 0.05) is 19.3 Å². The molecule has 0 amide bonds.